The summed E-state index contributed by atoms with van der Waals surface area (Å²) >= 11 is 0. The van der Waals surface area contributed by atoms with E-state index in [0.29, 0.717) is 37.7 Å². The molecule has 2 aliphatic heterocycles. The summed E-state index contributed by atoms with van der Waals surface area (Å²) in [5, 5.41) is 0.963. The van der Waals surface area contributed by atoms with Crippen LogP contribution in [0.25, 0.3) is 10.9 Å². The molecule has 3 aromatic rings. The minimum absolute atomic E-state index is 0.0643. The second kappa shape index (κ2) is 8.31. The predicted octanol–water partition coefficient (Wildman–Crippen LogP) is 3.03. The molecule has 1 N–H and O–H groups in total. The Bertz CT molecular complexity index is 1160. The number of H-pyrrole nitrogens is 1. The fraction of sp³-hybridized carbons (Fsp3) is 0.360. The number of para-hydroxylation sites is 3. The Kier molecular flexibility index (Phi) is 5.35. The lowest BCUT2D eigenvalue weighted by Crippen LogP contribution is -2.56. The smallest absolute Gasteiger partial charge is 0.267 e. The number of amides is 1. The number of nitrogens with zero attached hydrogens (tertiary/aromatic N) is 2. The standard InChI is InChI=1S/C25H27N3O4/c1-16-23(18-7-3-4-8-19(18)26-16)24(29)17(2)27-11-13-28(14-12-27)25(30)22-15-31-20-9-5-6-10-21(20)32-22/h3-10,17,22,26H,11-15H2,1-2H3/t17-,22-/m0/s1. The van der Waals surface area contributed by atoms with Gasteiger partial charge in [-0.3, -0.25) is 14.5 Å². The number of aromatic nitrogens is 1. The van der Waals surface area contributed by atoms with E-state index in [9.17, 15) is 9.59 Å². The molecule has 0 aliphatic carbocycles. The summed E-state index contributed by atoms with van der Waals surface area (Å²) in [5.41, 5.74) is 2.64. The molecule has 2 aliphatic rings. The van der Waals surface area contributed by atoms with Crippen LogP contribution in [0.15, 0.2) is 48.5 Å². The van der Waals surface area contributed by atoms with Crippen molar-refractivity contribution in [1.82, 2.24) is 14.8 Å². The lowest BCUT2D eigenvalue weighted by atomic mass is 10.0. The van der Waals surface area contributed by atoms with Crippen molar-refractivity contribution >= 4 is 22.6 Å². The molecule has 5 rings (SSSR count). The number of benzene rings is 2. The zero-order valence-electron chi connectivity index (χ0n) is 18.3. The number of hydrogen-bond acceptors (Lipinski definition) is 5. The molecular weight excluding hydrogens is 406 g/mol. The van der Waals surface area contributed by atoms with Crippen LogP contribution in [0.1, 0.15) is 23.0 Å². The van der Waals surface area contributed by atoms with E-state index in [1.165, 1.54) is 0 Å². The molecule has 0 unspecified atom stereocenters. The number of aromatic amines is 1. The van der Waals surface area contributed by atoms with Gasteiger partial charge in [0.15, 0.2) is 17.3 Å². The van der Waals surface area contributed by atoms with Crippen LogP contribution in [0.3, 0.4) is 0 Å². The summed E-state index contributed by atoms with van der Waals surface area (Å²) < 4.78 is 11.6. The zero-order valence-corrected chi connectivity index (χ0v) is 18.3. The van der Waals surface area contributed by atoms with Crippen LogP contribution in [0.4, 0.5) is 0 Å². The molecule has 3 heterocycles. The van der Waals surface area contributed by atoms with Crippen molar-refractivity contribution in [3.05, 3.63) is 59.8 Å². The Morgan fingerprint density at radius 1 is 1.00 bits per heavy atom. The lowest BCUT2D eigenvalue weighted by molar-refractivity contribution is -0.143. The normalized spacial score (nSPS) is 19.7. The van der Waals surface area contributed by atoms with Crippen LogP contribution in [-0.4, -0.2) is 71.4 Å². The van der Waals surface area contributed by atoms with Gasteiger partial charge in [0.1, 0.15) is 6.61 Å². The highest BCUT2D eigenvalue weighted by Crippen LogP contribution is 2.31. The minimum atomic E-state index is -0.635. The topological polar surface area (TPSA) is 74.9 Å². The average Bonchev–Trinajstić information content (AvgIpc) is 3.18. The molecule has 7 heteroatoms. The maximum Gasteiger partial charge on any atom is 0.267 e. The highest BCUT2D eigenvalue weighted by molar-refractivity contribution is 6.11. The molecule has 0 bridgehead atoms. The van der Waals surface area contributed by atoms with E-state index < -0.39 is 6.10 Å². The van der Waals surface area contributed by atoms with E-state index in [1.807, 2.05) is 67.3 Å². The molecule has 2 atom stereocenters. The molecule has 166 valence electrons. The Morgan fingerprint density at radius 3 is 2.47 bits per heavy atom. The van der Waals surface area contributed by atoms with Gasteiger partial charge < -0.3 is 19.4 Å². The summed E-state index contributed by atoms with van der Waals surface area (Å²) in [5.74, 6) is 1.32. The molecule has 1 fully saturated rings. The molecule has 7 nitrogen and oxygen atoms in total. The molecule has 0 radical (unpaired) electrons. The first-order valence-electron chi connectivity index (χ1n) is 11.1. The average molecular weight is 434 g/mol. The van der Waals surface area contributed by atoms with E-state index >= 15 is 0 Å². The fourth-order valence-electron chi connectivity index (χ4n) is 4.64. The minimum Gasteiger partial charge on any atom is -0.485 e. The Balaban J connectivity index is 1.22. The van der Waals surface area contributed by atoms with Gasteiger partial charge in [-0.25, -0.2) is 0 Å². The number of fused-ring (bicyclic) bond motifs is 2. The van der Waals surface area contributed by atoms with Gasteiger partial charge in [0.25, 0.3) is 5.91 Å². The number of ketones is 1. The van der Waals surface area contributed by atoms with Crippen molar-refractivity contribution in [2.24, 2.45) is 0 Å². The Hall–Kier alpha value is -3.32. The predicted molar refractivity (Wildman–Crippen MR) is 121 cm³/mol. The van der Waals surface area contributed by atoms with Crippen molar-refractivity contribution in [1.29, 1.82) is 0 Å². The first kappa shape index (κ1) is 20.6. The van der Waals surface area contributed by atoms with Gasteiger partial charge in [-0.05, 0) is 32.0 Å². The van der Waals surface area contributed by atoms with Crippen molar-refractivity contribution in [2.45, 2.75) is 26.0 Å². The van der Waals surface area contributed by atoms with E-state index in [2.05, 4.69) is 9.88 Å². The van der Waals surface area contributed by atoms with Gasteiger partial charge in [-0.2, -0.15) is 0 Å². The van der Waals surface area contributed by atoms with E-state index in [-0.39, 0.29) is 24.3 Å². The van der Waals surface area contributed by atoms with Crippen LogP contribution >= 0.6 is 0 Å². The number of piperazine rings is 1. The number of carbonyl (C=O) groups is 2. The third-order valence-electron chi connectivity index (χ3n) is 6.48. The highest BCUT2D eigenvalue weighted by atomic mass is 16.6. The Labute approximate surface area is 186 Å². The molecule has 1 amide bonds. The summed E-state index contributed by atoms with van der Waals surface area (Å²) in [6.45, 7) is 6.52. The van der Waals surface area contributed by atoms with Gasteiger partial charge in [0.05, 0.1) is 6.04 Å². The van der Waals surface area contributed by atoms with E-state index in [4.69, 9.17) is 9.47 Å². The largest absolute Gasteiger partial charge is 0.485 e. The maximum absolute atomic E-state index is 13.3. The van der Waals surface area contributed by atoms with Crippen molar-refractivity contribution in [3.8, 4) is 11.5 Å². The molecule has 32 heavy (non-hydrogen) atoms. The highest BCUT2D eigenvalue weighted by Gasteiger charge is 2.35. The summed E-state index contributed by atoms with van der Waals surface area (Å²) in [6, 6.07) is 15.0. The molecule has 2 aromatic carbocycles. The zero-order chi connectivity index (χ0) is 22.2. The van der Waals surface area contributed by atoms with Crippen LogP contribution in [-0.2, 0) is 4.79 Å². The van der Waals surface area contributed by atoms with E-state index in [1.54, 1.807) is 0 Å². The van der Waals surface area contributed by atoms with Gasteiger partial charge in [-0.1, -0.05) is 30.3 Å². The lowest BCUT2D eigenvalue weighted by Gasteiger charge is -2.39. The quantitative estimate of drug-likeness (QED) is 0.640. The molecule has 1 saturated heterocycles. The van der Waals surface area contributed by atoms with Gasteiger partial charge in [0, 0.05) is 48.3 Å². The second-order valence-corrected chi connectivity index (χ2v) is 8.44. The van der Waals surface area contributed by atoms with Crippen molar-refractivity contribution in [2.75, 3.05) is 32.8 Å². The van der Waals surface area contributed by atoms with Gasteiger partial charge in [0.2, 0.25) is 6.10 Å². The molecule has 1 aromatic heterocycles. The number of nitrogens with one attached hydrogen (secondary N) is 1. The first-order chi connectivity index (χ1) is 15.5. The summed E-state index contributed by atoms with van der Waals surface area (Å²) in [6.07, 6.45) is -0.635. The molecule has 0 saturated carbocycles. The van der Waals surface area contributed by atoms with E-state index in [0.717, 1.165) is 22.2 Å². The third kappa shape index (κ3) is 3.62. The molecular formula is C25H27N3O4. The number of aryl methyl sites for hydroxylation is 1. The number of rotatable bonds is 4. The van der Waals surface area contributed by atoms with Gasteiger partial charge >= 0.3 is 0 Å². The number of carbonyl (C=O) groups excluding carboxylic acids is 2. The van der Waals surface area contributed by atoms with Crippen LogP contribution in [0.5, 0.6) is 11.5 Å². The third-order valence-corrected chi connectivity index (χ3v) is 6.48. The SMILES string of the molecule is Cc1[nH]c2ccccc2c1C(=O)[C@H](C)N1CCN(C(=O)[C@@H]2COc3ccccc3O2)CC1. The number of hydrogen-bond donors (Lipinski definition) is 1. The van der Waals surface area contributed by atoms with Crippen LogP contribution in [0, 0.1) is 6.92 Å². The van der Waals surface area contributed by atoms with Crippen LogP contribution in [0.2, 0.25) is 0 Å². The summed E-state index contributed by atoms with van der Waals surface area (Å²) in [7, 11) is 0. The van der Waals surface area contributed by atoms with Gasteiger partial charge in [-0.15, -0.1) is 0 Å². The second-order valence-electron chi connectivity index (χ2n) is 8.44. The van der Waals surface area contributed by atoms with Crippen LogP contribution < -0.4 is 9.47 Å². The Morgan fingerprint density at radius 2 is 1.69 bits per heavy atom. The fourth-order valence-corrected chi connectivity index (χ4v) is 4.64. The first-order valence-corrected chi connectivity index (χ1v) is 11.1. The van der Waals surface area contributed by atoms with Crippen molar-refractivity contribution in [3.63, 3.8) is 0 Å². The number of Topliss-reactive ketones (excluding diaryl/α,β-unsaturated/α-hetero) is 1. The molecule has 0 spiro atoms. The summed E-state index contributed by atoms with van der Waals surface area (Å²) in [4.78, 5) is 33.6. The van der Waals surface area contributed by atoms with Crippen molar-refractivity contribution < 1.29 is 19.1 Å². The maximum atomic E-state index is 13.3. The number of ether oxygens (including phenoxy) is 2. The monoisotopic (exact) mass is 433 g/mol.